The van der Waals surface area contributed by atoms with Crippen LogP contribution in [0.25, 0.3) is 0 Å². The molecule has 2 rings (SSSR count). The normalized spacial score (nSPS) is 12.0. The maximum Gasteiger partial charge on any atom is 0.122 e. The molecule has 106 valence electrons. The molecule has 4 heteroatoms. The predicted octanol–water partition coefficient (Wildman–Crippen LogP) is 3.74. The minimum atomic E-state index is -0.613. The van der Waals surface area contributed by atoms with Crippen molar-refractivity contribution in [3.63, 3.8) is 0 Å². The minimum absolute atomic E-state index is 0.526. The summed E-state index contributed by atoms with van der Waals surface area (Å²) >= 11 is 3.49. The SMILES string of the molecule is COc1cc(OC)cc(C(O)Cc2ccccc2Br)c1. The zero-order valence-electron chi connectivity index (χ0n) is 11.5. The van der Waals surface area contributed by atoms with E-state index < -0.39 is 6.10 Å². The molecule has 20 heavy (non-hydrogen) atoms. The van der Waals surface area contributed by atoms with Gasteiger partial charge in [0.05, 0.1) is 20.3 Å². The molecule has 0 amide bonds. The molecule has 0 aliphatic carbocycles. The van der Waals surface area contributed by atoms with Gasteiger partial charge in [0, 0.05) is 17.0 Å². The third-order valence-electron chi connectivity index (χ3n) is 3.13. The van der Waals surface area contributed by atoms with Gasteiger partial charge in [-0.1, -0.05) is 34.1 Å². The Morgan fingerprint density at radius 2 is 1.65 bits per heavy atom. The van der Waals surface area contributed by atoms with Gasteiger partial charge in [0.15, 0.2) is 0 Å². The van der Waals surface area contributed by atoms with Gasteiger partial charge < -0.3 is 14.6 Å². The highest BCUT2D eigenvalue weighted by Crippen LogP contribution is 2.29. The lowest BCUT2D eigenvalue weighted by molar-refractivity contribution is 0.177. The summed E-state index contributed by atoms with van der Waals surface area (Å²) in [7, 11) is 3.19. The van der Waals surface area contributed by atoms with Crippen molar-refractivity contribution in [2.75, 3.05) is 14.2 Å². The standard InChI is InChI=1S/C16H17BrO3/c1-19-13-7-12(8-14(10-13)20-2)16(18)9-11-5-3-4-6-15(11)17/h3-8,10,16,18H,9H2,1-2H3. The molecule has 2 aromatic carbocycles. The number of ether oxygens (including phenoxy) is 2. The van der Waals surface area contributed by atoms with Crippen LogP contribution in [0.5, 0.6) is 11.5 Å². The van der Waals surface area contributed by atoms with E-state index in [0.29, 0.717) is 17.9 Å². The summed E-state index contributed by atoms with van der Waals surface area (Å²) in [6.07, 6.45) is -0.0877. The maximum absolute atomic E-state index is 10.4. The molecule has 1 unspecified atom stereocenters. The van der Waals surface area contributed by atoms with Gasteiger partial charge in [0.25, 0.3) is 0 Å². The highest BCUT2D eigenvalue weighted by molar-refractivity contribution is 9.10. The molecule has 0 saturated carbocycles. The molecule has 0 aliphatic heterocycles. The third kappa shape index (κ3) is 3.52. The Balaban J connectivity index is 2.24. The van der Waals surface area contributed by atoms with Crippen molar-refractivity contribution in [3.05, 3.63) is 58.1 Å². The average molecular weight is 337 g/mol. The van der Waals surface area contributed by atoms with Gasteiger partial charge in [-0.2, -0.15) is 0 Å². The van der Waals surface area contributed by atoms with Crippen LogP contribution in [0.2, 0.25) is 0 Å². The molecular formula is C16H17BrO3. The van der Waals surface area contributed by atoms with E-state index in [1.165, 1.54) is 0 Å². The van der Waals surface area contributed by atoms with Crippen LogP contribution in [0.1, 0.15) is 17.2 Å². The van der Waals surface area contributed by atoms with Crippen LogP contribution >= 0.6 is 15.9 Å². The quantitative estimate of drug-likeness (QED) is 0.903. The van der Waals surface area contributed by atoms with Crippen molar-refractivity contribution in [2.24, 2.45) is 0 Å². The molecule has 0 aliphatic rings. The Labute approximate surface area is 127 Å². The van der Waals surface area contributed by atoms with E-state index in [2.05, 4.69) is 15.9 Å². The summed E-state index contributed by atoms with van der Waals surface area (Å²) in [5.74, 6) is 1.34. The van der Waals surface area contributed by atoms with Crippen LogP contribution in [0.3, 0.4) is 0 Å². The molecule has 0 aromatic heterocycles. The van der Waals surface area contributed by atoms with Gasteiger partial charge in [-0.3, -0.25) is 0 Å². The van der Waals surface area contributed by atoms with Gasteiger partial charge in [-0.15, -0.1) is 0 Å². The zero-order valence-corrected chi connectivity index (χ0v) is 13.1. The lowest BCUT2D eigenvalue weighted by atomic mass is 10.0. The molecule has 0 heterocycles. The number of halogens is 1. The molecule has 3 nitrogen and oxygen atoms in total. The summed E-state index contributed by atoms with van der Waals surface area (Å²) in [5.41, 5.74) is 1.83. The first-order valence-corrected chi connectivity index (χ1v) is 7.07. The number of aliphatic hydroxyl groups excluding tert-OH is 1. The van der Waals surface area contributed by atoms with Crippen molar-refractivity contribution < 1.29 is 14.6 Å². The lowest BCUT2D eigenvalue weighted by Crippen LogP contribution is -2.03. The number of hydrogen-bond donors (Lipinski definition) is 1. The van der Waals surface area contributed by atoms with E-state index in [1.807, 2.05) is 36.4 Å². The topological polar surface area (TPSA) is 38.7 Å². The highest BCUT2D eigenvalue weighted by Gasteiger charge is 2.13. The minimum Gasteiger partial charge on any atom is -0.497 e. The van der Waals surface area contributed by atoms with Crippen molar-refractivity contribution >= 4 is 15.9 Å². The van der Waals surface area contributed by atoms with Gasteiger partial charge in [0.1, 0.15) is 11.5 Å². The number of benzene rings is 2. The average Bonchev–Trinajstić information content (AvgIpc) is 2.48. The molecule has 1 atom stereocenters. The number of methoxy groups -OCH3 is 2. The third-order valence-corrected chi connectivity index (χ3v) is 3.90. The van der Waals surface area contributed by atoms with Crippen LogP contribution < -0.4 is 9.47 Å². The Hall–Kier alpha value is -1.52. The Bertz CT molecular complexity index is 561. The van der Waals surface area contributed by atoms with Crippen LogP contribution in [0.4, 0.5) is 0 Å². The second-order valence-electron chi connectivity index (χ2n) is 4.46. The van der Waals surface area contributed by atoms with Crippen LogP contribution in [0, 0.1) is 0 Å². The van der Waals surface area contributed by atoms with Gasteiger partial charge in [-0.05, 0) is 29.3 Å². The molecule has 0 saturated heterocycles. The van der Waals surface area contributed by atoms with E-state index in [0.717, 1.165) is 15.6 Å². The molecule has 0 fully saturated rings. The smallest absolute Gasteiger partial charge is 0.122 e. The zero-order chi connectivity index (χ0) is 14.5. The first-order chi connectivity index (χ1) is 9.63. The fourth-order valence-electron chi connectivity index (χ4n) is 2.01. The number of rotatable bonds is 5. The predicted molar refractivity (Wildman–Crippen MR) is 82.4 cm³/mol. The molecule has 2 aromatic rings. The van der Waals surface area contributed by atoms with E-state index in [4.69, 9.17) is 9.47 Å². The molecular weight excluding hydrogens is 320 g/mol. The number of hydrogen-bond acceptors (Lipinski definition) is 3. The molecule has 0 spiro atoms. The van der Waals surface area contributed by atoms with Crippen LogP contribution in [-0.4, -0.2) is 19.3 Å². The summed E-state index contributed by atoms with van der Waals surface area (Å²) in [6, 6.07) is 13.3. The summed E-state index contributed by atoms with van der Waals surface area (Å²) in [6.45, 7) is 0. The lowest BCUT2D eigenvalue weighted by Gasteiger charge is -2.15. The van der Waals surface area contributed by atoms with Gasteiger partial charge in [0.2, 0.25) is 0 Å². The summed E-state index contributed by atoms with van der Waals surface area (Å²) < 4.78 is 11.4. The van der Waals surface area contributed by atoms with Gasteiger partial charge >= 0.3 is 0 Å². The van der Waals surface area contributed by atoms with Crippen LogP contribution in [0.15, 0.2) is 46.9 Å². The van der Waals surface area contributed by atoms with Gasteiger partial charge in [-0.25, -0.2) is 0 Å². The Kier molecular flexibility index (Phi) is 5.04. The monoisotopic (exact) mass is 336 g/mol. The first-order valence-electron chi connectivity index (χ1n) is 6.28. The highest BCUT2D eigenvalue weighted by atomic mass is 79.9. The first kappa shape index (κ1) is 14.9. The molecule has 0 bridgehead atoms. The summed E-state index contributed by atoms with van der Waals surface area (Å²) in [5, 5.41) is 10.4. The fraction of sp³-hybridized carbons (Fsp3) is 0.250. The van der Waals surface area contributed by atoms with E-state index in [9.17, 15) is 5.11 Å². The Morgan fingerprint density at radius 3 is 2.20 bits per heavy atom. The summed E-state index contributed by atoms with van der Waals surface area (Å²) in [4.78, 5) is 0. The number of aliphatic hydroxyl groups is 1. The second kappa shape index (κ2) is 6.77. The van der Waals surface area contributed by atoms with E-state index in [1.54, 1.807) is 20.3 Å². The Morgan fingerprint density at radius 1 is 1.05 bits per heavy atom. The largest absolute Gasteiger partial charge is 0.497 e. The van der Waals surface area contributed by atoms with Crippen molar-refractivity contribution in [1.82, 2.24) is 0 Å². The fourth-order valence-corrected chi connectivity index (χ4v) is 2.46. The second-order valence-corrected chi connectivity index (χ2v) is 5.31. The van der Waals surface area contributed by atoms with E-state index in [-0.39, 0.29) is 0 Å². The van der Waals surface area contributed by atoms with Crippen molar-refractivity contribution in [3.8, 4) is 11.5 Å². The molecule has 1 N–H and O–H groups in total. The van der Waals surface area contributed by atoms with Crippen LogP contribution in [-0.2, 0) is 6.42 Å². The van der Waals surface area contributed by atoms with Crippen molar-refractivity contribution in [1.29, 1.82) is 0 Å². The van der Waals surface area contributed by atoms with Crippen molar-refractivity contribution in [2.45, 2.75) is 12.5 Å². The maximum atomic E-state index is 10.4. The van der Waals surface area contributed by atoms with E-state index >= 15 is 0 Å². The molecule has 0 radical (unpaired) electrons.